The summed E-state index contributed by atoms with van der Waals surface area (Å²) in [7, 11) is 0. The van der Waals surface area contributed by atoms with Crippen LogP contribution in [0.4, 0.5) is 0 Å². The van der Waals surface area contributed by atoms with Crippen molar-refractivity contribution in [3.63, 3.8) is 0 Å². The van der Waals surface area contributed by atoms with E-state index in [4.69, 9.17) is 0 Å². The number of hydrogen-bond donors (Lipinski definition) is 2. The van der Waals surface area contributed by atoms with Gasteiger partial charge in [0.1, 0.15) is 0 Å². The van der Waals surface area contributed by atoms with Gasteiger partial charge in [-0.2, -0.15) is 0 Å². The Morgan fingerprint density at radius 2 is 2.12 bits per heavy atom. The molecular weight excluding hydrogens is 115 g/mol. The van der Waals surface area contributed by atoms with E-state index in [0.29, 0.717) is 6.54 Å². The zero-order chi connectivity index (χ0) is 5.11. The maximum Gasteiger partial charge on any atom is 0.234 e. The minimum absolute atomic E-state index is 0. The molecule has 0 spiro atoms. The molecule has 0 aliphatic carbocycles. The topological polar surface area (TPSA) is 41.1 Å². The molecule has 2 N–H and O–H groups in total. The van der Waals surface area contributed by atoms with Gasteiger partial charge in [0.25, 0.3) is 0 Å². The Hall–Kier alpha value is 0.430. The van der Waals surface area contributed by atoms with Crippen LogP contribution in [0.3, 0.4) is 0 Å². The van der Waals surface area contributed by atoms with Crippen molar-refractivity contribution < 1.29 is 4.79 Å². The first-order valence-corrected chi connectivity index (χ1v) is 2.37. The summed E-state index contributed by atoms with van der Waals surface area (Å²) in [5.41, 5.74) is 0. The normalized spacial score (nSPS) is 18.8. The predicted molar refractivity (Wildman–Crippen MR) is 31.6 cm³/mol. The first kappa shape index (κ1) is 8.43. The molecular formula is C4H8N2NaO. The second kappa shape index (κ2) is 4.32. The molecule has 1 aliphatic heterocycles. The van der Waals surface area contributed by atoms with E-state index >= 15 is 0 Å². The molecule has 1 aliphatic rings. The van der Waals surface area contributed by atoms with Gasteiger partial charge < -0.3 is 10.6 Å². The van der Waals surface area contributed by atoms with E-state index in [1.54, 1.807) is 0 Å². The summed E-state index contributed by atoms with van der Waals surface area (Å²) in [5.74, 6) is 0.103. The summed E-state index contributed by atoms with van der Waals surface area (Å²) in [5, 5.41) is 5.60. The van der Waals surface area contributed by atoms with Gasteiger partial charge in [0.05, 0.1) is 6.54 Å². The molecule has 1 fully saturated rings. The number of carbonyl (C=O) groups is 1. The van der Waals surface area contributed by atoms with Gasteiger partial charge in [-0.1, -0.05) is 0 Å². The minimum atomic E-state index is 0. The van der Waals surface area contributed by atoms with Gasteiger partial charge in [0.15, 0.2) is 0 Å². The summed E-state index contributed by atoms with van der Waals surface area (Å²) in [6.45, 7) is 2.17. The Bertz CT molecular complexity index is 78.1. The monoisotopic (exact) mass is 123 g/mol. The Morgan fingerprint density at radius 1 is 1.38 bits per heavy atom. The molecule has 0 saturated carbocycles. The second-order valence-corrected chi connectivity index (χ2v) is 1.53. The molecule has 0 aromatic heterocycles. The maximum absolute atomic E-state index is 10.3. The first-order chi connectivity index (χ1) is 3.39. The predicted octanol–water partition coefficient (Wildman–Crippen LogP) is -1.67. The van der Waals surface area contributed by atoms with Crippen LogP contribution in [0, 0.1) is 0 Å². The van der Waals surface area contributed by atoms with Crippen molar-refractivity contribution in [3.05, 3.63) is 0 Å². The summed E-state index contributed by atoms with van der Waals surface area (Å²) in [4.78, 5) is 10.3. The number of amides is 1. The van der Waals surface area contributed by atoms with Gasteiger partial charge in [-0.25, -0.2) is 0 Å². The number of rotatable bonds is 0. The van der Waals surface area contributed by atoms with Gasteiger partial charge >= 0.3 is 0 Å². The van der Waals surface area contributed by atoms with E-state index < -0.39 is 0 Å². The van der Waals surface area contributed by atoms with E-state index in [9.17, 15) is 4.79 Å². The molecule has 1 amide bonds. The number of piperazine rings is 1. The first-order valence-electron chi connectivity index (χ1n) is 2.37. The van der Waals surface area contributed by atoms with Gasteiger partial charge in [-0.3, -0.25) is 4.79 Å². The number of hydrogen-bond acceptors (Lipinski definition) is 2. The molecule has 0 aromatic rings. The van der Waals surface area contributed by atoms with Crippen LogP contribution in [0.25, 0.3) is 0 Å². The van der Waals surface area contributed by atoms with Crippen LogP contribution in [0.5, 0.6) is 0 Å². The third-order valence-electron chi connectivity index (χ3n) is 0.910. The summed E-state index contributed by atoms with van der Waals surface area (Å²) >= 11 is 0. The zero-order valence-electron chi connectivity index (χ0n) is 5.03. The molecule has 0 unspecified atom stereocenters. The van der Waals surface area contributed by atoms with E-state index in [1.165, 1.54) is 0 Å². The molecule has 3 nitrogen and oxygen atoms in total. The summed E-state index contributed by atoms with van der Waals surface area (Å²) in [6.07, 6.45) is 0. The van der Waals surface area contributed by atoms with E-state index in [-0.39, 0.29) is 35.5 Å². The molecule has 1 heterocycles. The fraction of sp³-hybridized carbons (Fsp3) is 0.750. The molecule has 0 aromatic carbocycles. The average molecular weight is 123 g/mol. The summed E-state index contributed by atoms with van der Waals surface area (Å²) < 4.78 is 0. The van der Waals surface area contributed by atoms with Crippen LogP contribution in [-0.4, -0.2) is 55.1 Å². The zero-order valence-corrected chi connectivity index (χ0v) is 7.03. The van der Waals surface area contributed by atoms with Crippen molar-refractivity contribution in [2.45, 2.75) is 0 Å². The number of nitrogens with one attached hydrogen (secondary N) is 2. The molecule has 1 rings (SSSR count). The molecule has 1 saturated heterocycles. The summed E-state index contributed by atoms with van der Waals surface area (Å²) in [6, 6.07) is 0. The number of carbonyl (C=O) groups excluding carboxylic acids is 1. The van der Waals surface area contributed by atoms with E-state index in [1.807, 2.05) is 0 Å². The molecule has 1 radical (unpaired) electrons. The molecule has 0 bridgehead atoms. The Labute approximate surface area is 70.5 Å². The minimum Gasteiger partial charge on any atom is -0.354 e. The van der Waals surface area contributed by atoms with E-state index in [0.717, 1.165) is 13.1 Å². The standard InChI is InChI=1S/C4H8N2O.Na/c7-4-3-5-1-2-6-4;/h5H,1-3H2,(H,6,7);. The van der Waals surface area contributed by atoms with Gasteiger partial charge in [0.2, 0.25) is 5.91 Å². The van der Waals surface area contributed by atoms with Crippen LogP contribution >= 0.6 is 0 Å². The van der Waals surface area contributed by atoms with Crippen LogP contribution < -0.4 is 10.6 Å². The third-order valence-corrected chi connectivity index (χ3v) is 0.910. The van der Waals surface area contributed by atoms with Gasteiger partial charge in [-0.15, -0.1) is 0 Å². The largest absolute Gasteiger partial charge is 0.354 e. The fourth-order valence-electron chi connectivity index (χ4n) is 0.555. The Morgan fingerprint density at radius 3 is 2.38 bits per heavy atom. The Kier molecular flexibility index (Phi) is 4.56. The molecule has 0 atom stereocenters. The SMILES string of the molecule is O=C1CNCCN1.[Na]. The quantitative estimate of drug-likeness (QED) is 0.378. The molecule has 8 heavy (non-hydrogen) atoms. The molecule has 4 heteroatoms. The maximum atomic E-state index is 10.3. The van der Waals surface area contributed by atoms with E-state index in [2.05, 4.69) is 10.6 Å². The van der Waals surface area contributed by atoms with Gasteiger partial charge in [-0.05, 0) is 0 Å². The van der Waals surface area contributed by atoms with Crippen LogP contribution in [0.2, 0.25) is 0 Å². The smallest absolute Gasteiger partial charge is 0.234 e. The Balaban J connectivity index is 0.000000490. The van der Waals surface area contributed by atoms with Crippen LogP contribution in [-0.2, 0) is 4.79 Å². The van der Waals surface area contributed by atoms with Crippen molar-refractivity contribution in [2.24, 2.45) is 0 Å². The van der Waals surface area contributed by atoms with Crippen LogP contribution in [0.15, 0.2) is 0 Å². The van der Waals surface area contributed by atoms with Gasteiger partial charge in [0, 0.05) is 42.6 Å². The van der Waals surface area contributed by atoms with Crippen molar-refractivity contribution >= 4 is 35.5 Å². The van der Waals surface area contributed by atoms with Crippen LogP contribution in [0.1, 0.15) is 0 Å². The van der Waals surface area contributed by atoms with Crippen molar-refractivity contribution in [3.8, 4) is 0 Å². The van der Waals surface area contributed by atoms with Crippen molar-refractivity contribution in [2.75, 3.05) is 19.6 Å². The second-order valence-electron chi connectivity index (χ2n) is 1.53. The molecule has 41 valence electrons. The third kappa shape index (κ3) is 2.67. The fourth-order valence-corrected chi connectivity index (χ4v) is 0.555. The van der Waals surface area contributed by atoms with Crippen molar-refractivity contribution in [1.29, 1.82) is 0 Å². The van der Waals surface area contributed by atoms with Crippen molar-refractivity contribution in [1.82, 2.24) is 10.6 Å². The average Bonchev–Trinajstić information content (AvgIpc) is 1.69.